The Labute approximate surface area is 104 Å². The van der Waals surface area contributed by atoms with Crippen LogP contribution in [-0.2, 0) is 12.8 Å². The van der Waals surface area contributed by atoms with E-state index in [9.17, 15) is 0 Å². The monoisotopic (exact) mass is 223 g/mol. The van der Waals surface area contributed by atoms with Gasteiger partial charge in [0.2, 0.25) is 0 Å². The van der Waals surface area contributed by atoms with Crippen LogP contribution in [-0.4, -0.2) is 4.98 Å². The lowest BCUT2D eigenvalue weighted by Gasteiger charge is -2.01. The van der Waals surface area contributed by atoms with Crippen molar-refractivity contribution in [3.8, 4) is 0 Å². The van der Waals surface area contributed by atoms with Crippen LogP contribution in [0.3, 0.4) is 0 Å². The Balaban J connectivity index is 2.08. The average molecular weight is 223 g/mol. The maximum absolute atomic E-state index is 4.42. The number of benzene rings is 1. The van der Waals surface area contributed by atoms with Crippen molar-refractivity contribution in [2.45, 2.75) is 19.8 Å². The highest BCUT2D eigenvalue weighted by molar-refractivity contribution is 5.28. The molecule has 0 aliphatic heterocycles. The van der Waals surface area contributed by atoms with E-state index in [1.165, 1.54) is 11.1 Å². The van der Waals surface area contributed by atoms with E-state index in [-0.39, 0.29) is 0 Å². The third kappa shape index (κ3) is 3.10. The van der Waals surface area contributed by atoms with Gasteiger partial charge in [-0.2, -0.15) is 4.98 Å². The maximum Gasteiger partial charge on any atom is 0.134 e. The number of aromatic nitrogens is 1. The van der Waals surface area contributed by atoms with Crippen molar-refractivity contribution in [3.05, 3.63) is 78.3 Å². The molecule has 0 spiro atoms. The Morgan fingerprint density at radius 2 is 1.76 bits per heavy atom. The Bertz CT molecular complexity index is 408. The van der Waals surface area contributed by atoms with Crippen molar-refractivity contribution in [2.24, 2.45) is 0 Å². The lowest BCUT2D eigenvalue weighted by Crippen LogP contribution is -1.93. The normalized spacial score (nSPS) is 10.2. The summed E-state index contributed by atoms with van der Waals surface area (Å²) in [6, 6.07) is 12.9. The number of hydrogen-bond donors (Lipinski definition) is 0. The lowest BCUT2D eigenvalue weighted by atomic mass is 10.1. The second-order valence-electron chi connectivity index (χ2n) is 4.13. The van der Waals surface area contributed by atoms with E-state index < -0.39 is 0 Å². The fourth-order valence-electron chi connectivity index (χ4n) is 1.76. The van der Waals surface area contributed by atoms with Crippen molar-refractivity contribution in [1.82, 2.24) is 4.98 Å². The molecule has 0 aliphatic rings. The molecule has 17 heavy (non-hydrogen) atoms. The smallest absolute Gasteiger partial charge is 0.134 e. The van der Waals surface area contributed by atoms with Gasteiger partial charge < -0.3 is 0 Å². The summed E-state index contributed by atoms with van der Waals surface area (Å²) in [4.78, 5) is 4.42. The topological polar surface area (TPSA) is 12.9 Å². The highest BCUT2D eigenvalue weighted by atomic mass is 14.7. The summed E-state index contributed by atoms with van der Waals surface area (Å²) in [6.45, 7) is 5.89. The first-order valence-corrected chi connectivity index (χ1v) is 5.97. The predicted octanol–water partition coefficient (Wildman–Crippen LogP) is 3.62. The number of pyridine rings is 1. The molecule has 0 bridgehead atoms. The highest BCUT2D eigenvalue weighted by Gasteiger charge is 2.01. The lowest BCUT2D eigenvalue weighted by molar-refractivity contribution is 1.06. The minimum atomic E-state index is 0.890. The largest absolute Gasteiger partial charge is 0.260 e. The Morgan fingerprint density at radius 1 is 1.06 bits per heavy atom. The predicted molar refractivity (Wildman–Crippen MR) is 71.6 cm³/mol. The van der Waals surface area contributed by atoms with Gasteiger partial charge in [0.1, 0.15) is 11.8 Å². The van der Waals surface area contributed by atoms with Crippen LogP contribution in [0.1, 0.15) is 29.3 Å². The SMILES string of the molecule is [CH2-][CH+]c1ccc(Cc2ccc(CC)cc2)nc1. The molecule has 0 saturated heterocycles. The number of nitrogens with zero attached hydrogens (tertiary/aromatic N) is 1. The van der Waals surface area contributed by atoms with Crippen molar-refractivity contribution < 1.29 is 0 Å². The second-order valence-corrected chi connectivity index (χ2v) is 4.13. The van der Waals surface area contributed by atoms with E-state index in [4.69, 9.17) is 0 Å². The summed E-state index contributed by atoms with van der Waals surface area (Å²) >= 11 is 0. The fourth-order valence-corrected chi connectivity index (χ4v) is 1.76. The van der Waals surface area contributed by atoms with Gasteiger partial charge in [-0.1, -0.05) is 31.2 Å². The second kappa shape index (κ2) is 5.53. The van der Waals surface area contributed by atoms with Gasteiger partial charge in [-0.25, -0.2) is 0 Å². The van der Waals surface area contributed by atoms with Crippen LogP contribution in [0.15, 0.2) is 42.6 Å². The standard InChI is InChI=1S/C16H17N/c1-3-13-5-7-15(8-6-13)11-16-10-9-14(4-2)12-17-16/h4-10,12H,2-3,11H2,1H3. The molecular formula is C16H17N. The van der Waals surface area contributed by atoms with Crippen LogP contribution in [0.5, 0.6) is 0 Å². The zero-order valence-electron chi connectivity index (χ0n) is 10.2. The molecule has 2 aromatic rings. The minimum Gasteiger partial charge on any atom is -0.260 e. The summed E-state index contributed by atoms with van der Waals surface area (Å²) < 4.78 is 0. The van der Waals surface area contributed by atoms with Crippen molar-refractivity contribution >= 4 is 0 Å². The Morgan fingerprint density at radius 3 is 2.29 bits per heavy atom. The van der Waals surface area contributed by atoms with E-state index in [1.807, 2.05) is 12.6 Å². The molecule has 1 aromatic heterocycles. The molecule has 0 amide bonds. The van der Waals surface area contributed by atoms with Crippen LogP contribution < -0.4 is 0 Å². The third-order valence-electron chi connectivity index (χ3n) is 2.90. The van der Waals surface area contributed by atoms with E-state index >= 15 is 0 Å². The molecule has 0 aliphatic carbocycles. The van der Waals surface area contributed by atoms with Crippen molar-refractivity contribution in [2.75, 3.05) is 0 Å². The first-order valence-electron chi connectivity index (χ1n) is 5.97. The van der Waals surface area contributed by atoms with E-state index in [1.54, 1.807) is 0 Å². The first-order chi connectivity index (χ1) is 8.31. The molecule has 0 N–H and O–H groups in total. The molecule has 1 nitrogen and oxygen atoms in total. The summed E-state index contributed by atoms with van der Waals surface area (Å²) in [5.41, 5.74) is 4.85. The molecule has 0 unspecified atom stereocenters. The van der Waals surface area contributed by atoms with Gasteiger partial charge >= 0.3 is 0 Å². The summed E-state index contributed by atoms with van der Waals surface area (Å²) in [5.74, 6) is 0. The van der Waals surface area contributed by atoms with Crippen LogP contribution in [0, 0.1) is 13.3 Å². The van der Waals surface area contributed by atoms with E-state index in [0.717, 1.165) is 24.1 Å². The van der Waals surface area contributed by atoms with Gasteiger partial charge in [-0.05, 0) is 17.5 Å². The van der Waals surface area contributed by atoms with Gasteiger partial charge in [-0.15, -0.1) is 6.42 Å². The molecule has 1 heterocycles. The van der Waals surface area contributed by atoms with Crippen LogP contribution in [0.25, 0.3) is 0 Å². The third-order valence-corrected chi connectivity index (χ3v) is 2.90. The maximum atomic E-state index is 4.42. The number of hydrogen-bond acceptors (Lipinski definition) is 1. The van der Waals surface area contributed by atoms with Crippen molar-refractivity contribution in [3.63, 3.8) is 0 Å². The van der Waals surface area contributed by atoms with Gasteiger partial charge in [0.25, 0.3) is 0 Å². The number of rotatable bonds is 4. The quantitative estimate of drug-likeness (QED) is 0.721. The molecule has 0 saturated carbocycles. The molecule has 1 heteroatoms. The number of aryl methyl sites for hydroxylation is 1. The molecule has 86 valence electrons. The summed E-state index contributed by atoms with van der Waals surface area (Å²) in [7, 11) is 0. The summed E-state index contributed by atoms with van der Waals surface area (Å²) in [6.07, 6.45) is 5.66. The first kappa shape index (κ1) is 11.7. The van der Waals surface area contributed by atoms with Gasteiger partial charge in [0.15, 0.2) is 0 Å². The molecule has 0 radical (unpaired) electrons. The molecule has 2 rings (SSSR count). The molecule has 1 aromatic carbocycles. The van der Waals surface area contributed by atoms with Gasteiger partial charge in [-0.3, -0.25) is 6.92 Å². The van der Waals surface area contributed by atoms with Crippen LogP contribution in [0.4, 0.5) is 0 Å². The van der Waals surface area contributed by atoms with E-state index in [0.29, 0.717) is 0 Å². The van der Waals surface area contributed by atoms with E-state index in [2.05, 4.69) is 55.2 Å². The minimum absolute atomic E-state index is 0.890. The van der Waals surface area contributed by atoms with Crippen LogP contribution >= 0.6 is 0 Å². The average Bonchev–Trinajstić information content (AvgIpc) is 2.40. The highest BCUT2D eigenvalue weighted by Crippen LogP contribution is 2.10. The van der Waals surface area contributed by atoms with Gasteiger partial charge in [0.05, 0.1) is 5.69 Å². The van der Waals surface area contributed by atoms with Crippen molar-refractivity contribution in [1.29, 1.82) is 0 Å². The van der Waals surface area contributed by atoms with Crippen LogP contribution in [0.2, 0.25) is 0 Å². The zero-order chi connectivity index (χ0) is 12.1. The fraction of sp³-hybridized carbons (Fsp3) is 0.188. The Hall–Kier alpha value is -1.76. The van der Waals surface area contributed by atoms with Gasteiger partial charge in [0, 0.05) is 18.6 Å². The Kier molecular flexibility index (Phi) is 3.81. The molecular weight excluding hydrogens is 206 g/mol. The molecule has 0 fully saturated rings. The summed E-state index contributed by atoms with van der Waals surface area (Å²) in [5, 5.41) is 0. The zero-order valence-corrected chi connectivity index (χ0v) is 10.2. The molecule has 0 atom stereocenters.